The van der Waals surface area contributed by atoms with Crippen LogP contribution in [-0.4, -0.2) is 23.6 Å². The lowest BCUT2D eigenvalue weighted by atomic mass is 10.1. The van der Waals surface area contributed by atoms with Crippen molar-refractivity contribution in [3.63, 3.8) is 0 Å². The molecule has 7 heteroatoms. The number of hydrogen-bond donors (Lipinski definition) is 2. The van der Waals surface area contributed by atoms with Gasteiger partial charge in [-0.1, -0.05) is 13.0 Å². The van der Waals surface area contributed by atoms with Crippen molar-refractivity contribution in [3.05, 3.63) is 41.2 Å². The van der Waals surface area contributed by atoms with E-state index in [4.69, 9.17) is 10.5 Å². The molecule has 24 heavy (non-hydrogen) atoms. The van der Waals surface area contributed by atoms with E-state index in [0.717, 1.165) is 5.56 Å². The maximum absolute atomic E-state index is 12.1. The molecule has 3 N–H and O–H groups in total. The van der Waals surface area contributed by atoms with Crippen molar-refractivity contribution in [2.24, 2.45) is 0 Å². The molecule has 0 fully saturated rings. The maximum atomic E-state index is 12.1. The summed E-state index contributed by atoms with van der Waals surface area (Å²) in [6, 6.07) is 7.32. The van der Waals surface area contributed by atoms with Gasteiger partial charge in [-0.05, 0) is 24.6 Å². The Morgan fingerprint density at radius 2 is 2.12 bits per heavy atom. The van der Waals surface area contributed by atoms with E-state index >= 15 is 0 Å². The second-order valence-electron chi connectivity index (χ2n) is 5.20. The van der Waals surface area contributed by atoms with Gasteiger partial charge in [-0.25, -0.2) is 4.79 Å². The van der Waals surface area contributed by atoms with E-state index in [1.165, 1.54) is 17.9 Å². The summed E-state index contributed by atoms with van der Waals surface area (Å²) < 4.78 is 6.24. The van der Waals surface area contributed by atoms with Crippen molar-refractivity contribution < 1.29 is 14.3 Å². The molecule has 0 aliphatic heterocycles. The van der Waals surface area contributed by atoms with Gasteiger partial charge < -0.3 is 20.4 Å². The van der Waals surface area contributed by atoms with Crippen LogP contribution in [0.2, 0.25) is 0 Å². The number of ether oxygens (including phenoxy) is 1. The Morgan fingerprint density at radius 1 is 1.42 bits per heavy atom. The molecule has 1 heterocycles. The summed E-state index contributed by atoms with van der Waals surface area (Å²) in [5.74, 6) is -0.830. The fraction of sp³-hybridized carbons (Fsp3) is 0.235. The number of nitrogens with two attached hydrogens (primary N) is 1. The summed E-state index contributed by atoms with van der Waals surface area (Å²) in [7, 11) is 1.24. The first-order chi connectivity index (χ1) is 11.4. The third-order valence-corrected chi connectivity index (χ3v) is 3.55. The highest BCUT2D eigenvalue weighted by Gasteiger charge is 2.23. The van der Waals surface area contributed by atoms with E-state index in [9.17, 15) is 14.9 Å². The Bertz CT molecular complexity index is 846. The lowest BCUT2D eigenvalue weighted by molar-refractivity contribution is -0.115. The van der Waals surface area contributed by atoms with E-state index in [1.54, 1.807) is 19.1 Å². The van der Waals surface area contributed by atoms with Crippen LogP contribution in [0.3, 0.4) is 0 Å². The highest BCUT2D eigenvalue weighted by Crippen LogP contribution is 2.29. The van der Waals surface area contributed by atoms with Gasteiger partial charge >= 0.3 is 5.97 Å². The number of esters is 1. The molecule has 0 spiro atoms. The summed E-state index contributed by atoms with van der Waals surface area (Å²) >= 11 is 0. The van der Waals surface area contributed by atoms with Gasteiger partial charge in [0.2, 0.25) is 5.91 Å². The molecule has 0 atom stereocenters. The van der Waals surface area contributed by atoms with E-state index in [1.807, 2.05) is 19.1 Å². The van der Waals surface area contributed by atoms with Crippen molar-refractivity contribution in [2.45, 2.75) is 20.3 Å². The molecule has 1 aromatic heterocycles. The number of rotatable bonds is 4. The van der Waals surface area contributed by atoms with Crippen molar-refractivity contribution in [1.82, 2.24) is 4.57 Å². The van der Waals surface area contributed by atoms with E-state index in [0.29, 0.717) is 17.8 Å². The second-order valence-corrected chi connectivity index (χ2v) is 5.20. The average molecular weight is 326 g/mol. The summed E-state index contributed by atoms with van der Waals surface area (Å²) in [4.78, 5) is 23.9. The number of anilines is 2. The quantitative estimate of drug-likeness (QED) is 0.838. The molecule has 0 unspecified atom stereocenters. The fourth-order valence-electron chi connectivity index (χ4n) is 2.29. The number of aromatic nitrogens is 1. The zero-order chi connectivity index (χ0) is 17.9. The number of nitrogen functional groups attached to an aromatic ring is 1. The largest absolute Gasteiger partial charge is 0.464 e. The number of benzene rings is 1. The van der Waals surface area contributed by atoms with Crippen LogP contribution >= 0.6 is 0 Å². The Morgan fingerprint density at radius 3 is 2.71 bits per heavy atom. The van der Waals surface area contributed by atoms with Crippen molar-refractivity contribution in [3.8, 4) is 11.8 Å². The first kappa shape index (κ1) is 17.1. The Kier molecular flexibility index (Phi) is 4.90. The molecule has 2 rings (SSSR count). The summed E-state index contributed by atoms with van der Waals surface area (Å²) in [6.07, 6.45) is 1.77. The van der Waals surface area contributed by atoms with Crippen molar-refractivity contribution >= 4 is 23.3 Å². The van der Waals surface area contributed by atoms with Crippen LogP contribution in [0, 0.1) is 18.3 Å². The lowest BCUT2D eigenvalue weighted by Gasteiger charge is -2.15. The maximum Gasteiger partial charge on any atom is 0.357 e. The van der Waals surface area contributed by atoms with E-state index < -0.39 is 5.97 Å². The molecule has 0 radical (unpaired) electrons. The number of amides is 1. The molecule has 1 aromatic carbocycles. The minimum absolute atomic E-state index is 0.0404. The van der Waals surface area contributed by atoms with Gasteiger partial charge in [0, 0.05) is 12.6 Å². The third-order valence-electron chi connectivity index (χ3n) is 3.55. The molecule has 0 aliphatic rings. The number of methoxy groups -OCH3 is 1. The van der Waals surface area contributed by atoms with Gasteiger partial charge in [0.15, 0.2) is 5.69 Å². The monoisotopic (exact) mass is 326 g/mol. The van der Waals surface area contributed by atoms with Gasteiger partial charge in [0.05, 0.1) is 29.7 Å². The number of hydrogen-bond acceptors (Lipinski definition) is 5. The number of nitrogens with zero attached hydrogens (tertiary/aromatic N) is 2. The summed E-state index contributed by atoms with van der Waals surface area (Å²) in [6.45, 7) is 3.62. The minimum atomic E-state index is -0.664. The van der Waals surface area contributed by atoms with Crippen LogP contribution in [-0.2, 0) is 9.53 Å². The predicted molar refractivity (Wildman–Crippen MR) is 89.9 cm³/mol. The van der Waals surface area contributed by atoms with Gasteiger partial charge in [0.1, 0.15) is 6.07 Å². The molecule has 0 saturated heterocycles. The Labute approximate surface area is 139 Å². The van der Waals surface area contributed by atoms with Crippen LogP contribution < -0.4 is 11.1 Å². The van der Waals surface area contributed by atoms with Crippen LogP contribution in [0.5, 0.6) is 0 Å². The van der Waals surface area contributed by atoms with Gasteiger partial charge in [-0.3, -0.25) is 4.79 Å². The van der Waals surface area contributed by atoms with Gasteiger partial charge in [-0.2, -0.15) is 5.26 Å². The fourth-order valence-corrected chi connectivity index (χ4v) is 2.29. The SMILES string of the molecule is CCC(=O)Nc1ccc(C)cc1-n1cc(C#N)c(N)c1C(=O)OC. The van der Waals surface area contributed by atoms with Crippen molar-refractivity contribution in [1.29, 1.82) is 5.26 Å². The number of carbonyl (C=O) groups excluding carboxylic acids is 2. The molecule has 0 aliphatic carbocycles. The molecular formula is C17H18N4O3. The third kappa shape index (κ3) is 3.08. The number of carbonyl (C=O) groups is 2. The standard InChI is InChI=1S/C17H18N4O3/c1-4-14(22)20-12-6-5-10(2)7-13(12)21-9-11(8-18)15(19)16(21)17(23)24-3/h5-7,9H,4,19H2,1-3H3,(H,20,22). The normalized spacial score (nSPS) is 10.1. The summed E-state index contributed by atoms with van der Waals surface area (Å²) in [5, 5.41) is 12.0. The average Bonchev–Trinajstić information content (AvgIpc) is 2.92. The molecule has 0 bridgehead atoms. The molecule has 2 aromatic rings. The minimum Gasteiger partial charge on any atom is -0.464 e. The van der Waals surface area contributed by atoms with Gasteiger partial charge in [0.25, 0.3) is 0 Å². The highest BCUT2D eigenvalue weighted by atomic mass is 16.5. The van der Waals surface area contributed by atoms with Gasteiger partial charge in [-0.15, -0.1) is 0 Å². The molecule has 124 valence electrons. The predicted octanol–water partition coefficient (Wildman–Crippen LogP) is 2.37. The van der Waals surface area contributed by atoms with Crippen LogP contribution in [0.4, 0.5) is 11.4 Å². The lowest BCUT2D eigenvalue weighted by Crippen LogP contribution is -2.15. The molecule has 7 nitrogen and oxygen atoms in total. The molecular weight excluding hydrogens is 308 g/mol. The van der Waals surface area contributed by atoms with Crippen LogP contribution in [0.1, 0.15) is 35.0 Å². The van der Waals surface area contributed by atoms with E-state index in [2.05, 4.69) is 5.32 Å². The number of nitrogens with one attached hydrogen (secondary N) is 1. The van der Waals surface area contributed by atoms with Crippen molar-refractivity contribution in [2.75, 3.05) is 18.2 Å². The smallest absolute Gasteiger partial charge is 0.357 e. The molecule has 0 saturated carbocycles. The summed E-state index contributed by atoms with van der Waals surface area (Å²) in [5.41, 5.74) is 8.12. The zero-order valence-corrected chi connectivity index (χ0v) is 13.7. The Hall–Kier alpha value is -3.27. The first-order valence-electron chi connectivity index (χ1n) is 7.33. The first-order valence-corrected chi connectivity index (χ1v) is 7.33. The van der Waals surface area contributed by atoms with Crippen LogP contribution in [0.15, 0.2) is 24.4 Å². The molecule has 1 amide bonds. The topological polar surface area (TPSA) is 110 Å². The Balaban J connectivity index is 2.72. The second kappa shape index (κ2) is 6.87. The number of aryl methyl sites for hydroxylation is 1. The zero-order valence-electron chi connectivity index (χ0n) is 13.7. The van der Waals surface area contributed by atoms with Crippen LogP contribution in [0.25, 0.3) is 5.69 Å². The number of nitriles is 1. The highest BCUT2D eigenvalue weighted by molar-refractivity contribution is 5.97. The van der Waals surface area contributed by atoms with E-state index in [-0.39, 0.29) is 22.9 Å².